The number of hydrogen-bond acceptors (Lipinski definition) is 3. The highest BCUT2D eigenvalue weighted by atomic mass is 16.1. The summed E-state index contributed by atoms with van der Waals surface area (Å²) in [6.45, 7) is 0. The van der Waals surface area contributed by atoms with Gasteiger partial charge < -0.3 is 4.90 Å². The number of carbonyl (C=O) groups excluding carboxylic acids is 1. The lowest BCUT2D eigenvalue weighted by atomic mass is 10.0. The van der Waals surface area contributed by atoms with Crippen molar-refractivity contribution in [3.8, 4) is 5.69 Å². The monoisotopic (exact) mass is 515 g/mol. The Morgan fingerprint density at radius 3 is 1.80 bits per heavy atom. The Morgan fingerprint density at radius 1 is 0.550 bits per heavy atom. The first kappa shape index (κ1) is 23.6. The minimum atomic E-state index is 0.0130. The molecule has 0 spiro atoms. The van der Waals surface area contributed by atoms with Crippen LogP contribution in [0, 0.1) is 0 Å². The maximum atomic E-state index is 13.0. The highest BCUT2D eigenvalue weighted by Crippen LogP contribution is 2.39. The molecule has 2 aromatic heterocycles. The molecule has 0 fully saturated rings. The third kappa shape index (κ3) is 4.12. The summed E-state index contributed by atoms with van der Waals surface area (Å²) in [7, 11) is 0. The molecule has 2 heterocycles. The average molecular weight is 516 g/mol. The van der Waals surface area contributed by atoms with Gasteiger partial charge in [-0.1, -0.05) is 66.7 Å². The van der Waals surface area contributed by atoms with Crippen LogP contribution in [0.1, 0.15) is 15.9 Å². The number of fused-ring (bicyclic) bond motifs is 3. The third-order valence-electron chi connectivity index (χ3n) is 7.22. The molecular formula is C36H25N3O. The molecule has 5 aromatic carbocycles. The van der Waals surface area contributed by atoms with Crippen LogP contribution in [0.25, 0.3) is 27.6 Å². The molecule has 0 amide bonds. The van der Waals surface area contributed by atoms with Crippen LogP contribution in [0.4, 0.5) is 17.1 Å². The van der Waals surface area contributed by atoms with Gasteiger partial charge in [0.1, 0.15) is 5.65 Å². The molecule has 0 bridgehead atoms. The van der Waals surface area contributed by atoms with Gasteiger partial charge in [0.25, 0.3) is 0 Å². The highest BCUT2D eigenvalue weighted by Gasteiger charge is 2.18. The Bertz CT molecular complexity index is 1910. The standard InChI is InChI=1S/C36H25N3O/c40-35(26-11-4-1-5-12-26)27-18-20-30(21-19-27)39-34-23-22-31(25-33(34)32-17-10-24-37-36(32)39)38(28-13-6-2-7-14-28)29-15-8-3-9-16-29/h1-25H. The van der Waals surface area contributed by atoms with E-state index in [1.807, 2.05) is 79.0 Å². The molecule has 0 saturated carbocycles. The number of nitrogens with zero attached hydrogens (tertiary/aromatic N) is 3. The van der Waals surface area contributed by atoms with Gasteiger partial charge in [-0.3, -0.25) is 9.36 Å². The van der Waals surface area contributed by atoms with E-state index in [4.69, 9.17) is 4.98 Å². The molecule has 4 nitrogen and oxygen atoms in total. The molecule has 0 N–H and O–H groups in total. The summed E-state index contributed by atoms with van der Waals surface area (Å²) >= 11 is 0. The zero-order valence-corrected chi connectivity index (χ0v) is 21.7. The number of benzene rings is 5. The maximum Gasteiger partial charge on any atom is 0.193 e. The van der Waals surface area contributed by atoms with Gasteiger partial charge >= 0.3 is 0 Å². The lowest BCUT2D eigenvalue weighted by molar-refractivity contribution is 0.103. The van der Waals surface area contributed by atoms with Crippen molar-refractivity contribution in [2.24, 2.45) is 0 Å². The lowest BCUT2D eigenvalue weighted by Crippen LogP contribution is -2.09. The SMILES string of the molecule is O=C(c1ccccc1)c1ccc(-n2c3ccc(N(c4ccccc4)c4ccccc4)cc3c3cccnc32)cc1. The summed E-state index contributed by atoms with van der Waals surface area (Å²) in [5.41, 5.74) is 7.48. The number of ketones is 1. The van der Waals surface area contributed by atoms with Crippen LogP contribution >= 0.6 is 0 Å². The normalized spacial score (nSPS) is 11.1. The largest absolute Gasteiger partial charge is 0.310 e. The summed E-state index contributed by atoms with van der Waals surface area (Å²) < 4.78 is 2.17. The van der Waals surface area contributed by atoms with Gasteiger partial charge in [0.05, 0.1) is 5.52 Å². The Balaban J connectivity index is 1.36. The number of aromatic nitrogens is 2. The predicted molar refractivity (Wildman–Crippen MR) is 163 cm³/mol. The van der Waals surface area contributed by atoms with Crippen molar-refractivity contribution in [2.75, 3.05) is 4.90 Å². The maximum absolute atomic E-state index is 13.0. The van der Waals surface area contributed by atoms with Gasteiger partial charge in [-0.15, -0.1) is 0 Å². The summed E-state index contributed by atoms with van der Waals surface area (Å²) in [4.78, 5) is 20.0. The fourth-order valence-electron chi connectivity index (χ4n) is 5.35. The molecule has 7 aromatic rings. The molecule has 7 rings (SSSR count). The first-order valence-electron chi connectivity index (χ1n) is 13.3. The number of anilines is 3. The van der Waals surface area contributed by atoms with Crippen molar-refractivity contribution in [3.63, 3.8) is 0 Å². The fourth-order valence-corrected chi connectivity index (χ4v) is 5.35. The van der Waals surface area contributed by atoms with E-state index in [2.05, 4.69) is 82.3 Å². The van der Waals surface area contributed by atoms with Crippen molar-refractivity contribution < 1.29 is 4.79 Å². The zero-order chi connectivity index (χ0) is 26.9. The molecular weight excluding hydrogens is 490 g/mol. The Kier molecular flexibility index (Phi) is 5.91. The molecule has 0 radical (unpaired) electrons. The van der Waals surface area contributed by atoms with Crippen molar-refractivity contribution in [3.05, 3.63) is 163 Å². The van der Waals surface area contributed by atoms with Crippen molar-refractivity contribution in [1.29, 1.82) is 0 Å². The number of pyridine rings is 1. The number of rotatable bonds is 6. The average Bonchev–Trinajstić information content (AvgIpc) is 3.36. The topological polar surface area (TPSA) is 38.1 Å². The van der Waals surface area contributed by atoms with Gasteiger partial charge in [-0.25, -0.2) is 4.98 Å². The van der Waals surface area contributed by atoms with Crippen molar-refractivity contribution >= 4 is 44.8 Å². The van der Waals surface area contributed by atoms with Gasteiger partial charge in [0.15, 0.2) is 5.78 Å². The van der Waals surface area contributed by atoms with E-state index in [1.54, 1.807) is 0 Å². The first-order valence-corrected chi connectivity index (χ1v) is 13.3. The molecule has 0 aliphatic rings. The van der Waals surface area contributed by atoms with Crippen LogP contribution in [0.2, 0.25) is 0 Å². The summed E-state index contributed by atoms with van der Waals surface area (Å²) in [5, 5.41) is 2.19. The second kappa shape index (κ2) is 10.0. The predicted octanol–water partition coefficient (Wildman–Crippen LogP) is 8.88. The van der Waals surface area contributed by atoms with E-state index in [0.29, 0.717) is 11.1 Å². The third-order valence-corrected chi connectivity index (χ3v) is 7.22. The van der Waals surface area contributed by atoms with Crippen molar-refractivity contribution in [2.45, 2.75) is 0 Å². The van der Waals surface area contributed by atoms with Gasteiger partial charge in [0, 0.05) is 50.8 Å². The van der Waals surface area contributed by atoms with Crippen LogP contribution < -0.4 is 4.90 Å². The van der Waals surface area contributed by atoms with Gasteiger partial charge in [0.2, 0.25) is 0 Å². The van der Waals surface area contributed by atoms with E-state index >= 15 is 0 Å². The zero-order valence-electron chi connectivity index (χ0n) is 21.7. The van der Waals surface area contributed by atoms with Crippen LogP contribution in [0.15, 0.2) is 152 Å². The smallest absolute Gasteiger partial charge is 0.193 e. The minimum Gasteiger partial charge on any atom is -0.310 e. The lowest BCUT2D eigenvalue weighted by Gasteiger charge is -2.25. The van der Waals surface area contributed by atoms with E-state index in [1.165, 1.54) is 0 Å². The molecule has 0 saturated heterocycles. The van der Waals surface area contributed by atoms with Crippen LogP contribution in [-0.4, -0.2) is 15.3 Å². The Morgan fingerprint density at radius 2 is 1.15 bits per heavy atom. The quantitative estimate of drug-likeness (QED) is 0.208. The molecule has 190 valence electrons. The molecule has 4 heteroatoms. The second-order valence-corrected chi connectivity index (χ2v) is 9.66. The van der Waals surface area contributed by atoms with Crippen molar-refractivity contribution in [1.82, 2.24) is 9.55 Å². The van der Waals surface area contributed by atoms with Crippen LogP contribution in [0.3, 0.4) is 0 Å². The van der Waals surface area contributed by atoms with E-state index < -0.39 is 0 Å². The van der Waals surface area contributed by atoms with E-state index in [9.17, 15) is 4.79 Å². The molecule has 0 aliphatic carbocycles. The summed E-state index contributed by atoms with van der Waals surface area (Å²) in [6, 6.07) is 48.6. The second-order valence-electron chi connectivity index (χ2n) is 9.66. The molecule has 0 unspecified atom stereocenters. The Hall–Kier alpha value is -5.48. The van der Waals surface area contributed by atoms with Crippen LogP contribution in [-0.2, 0) is 0 Å². The molecule has 0 aliphatic heterocycles. The van der Waals surface area contributed by atoms with Crippen LogP contribution in [0.5, 0.6) is 0 Å². The van der Waals surface area contributed by atoms with E-state index in [0.717, 1.165) is 44.7 Å². The summed E-state index contributed by atoms with van der Waals surface area (Å²) in [5.74, 6) is 0.0130. The Labute approximate surface area is 232 Å². The number of carbonyl (C=O) groups is 1. The number of para-hydroxylation sites is 2. The number of hydrogen-bond donors (Lipinski definition) is 0. The van der Waals surface area contributed by atoms with Gasteiger partial charge in [-0.2, -0.15) is 0 Å². The molecule has 0 atom stereocenters. The molecule has 40 heavy (non-hydrogen) atoms. The highest BCUT2D eigenvalue weighted by molar-refractivity contribution is 6.10. The minimum absolute atomic E-state index is 0.0130. The first-order chi connectivity index (χ1) is 19.8. The van der Waals surface area contributed by atoms with E-state index in [-0.39, 0.29) is 5.78 Å². The van der Waals surface area contributed by atoms with Gasteiger partial charge in [-0.05, 0) is 78.9 Å². The fraction of sp³-hybridized carbons (Fsp3) is 0. The summed E-state index contributed by atoms with van der Waals surface area (Å²) in [6.07, 6.45) is 1.83.